The van der Waals surface area contributed by atoms with Gasteiger partial charge in [-0.2, -0.15) is 0 Å². The molecule has 2 N–H and O–H groups in total. The second-order valence-electron chi connectivity index (χ2n) is 10.6. The number of aliphatic hydroxyl groups is 2. The zero-order chi connectivity index (χ0) is 26.1. The standard InChI is InChI=1S/C24H38O4.3C2H6/c1-23-12-10-19-22(18(23)8-7-15(23)5-4-6-21(27)28-3)20(26)14-16-13-17(25)9-11-24(16,19)2;3*1-2/h7-8,15-20,22,25-26H,4-6,9-14H2,1-3H3;3*1-2H3/t15-,16-,17+,18-,19-,20-,22-,23+,24-;;;/m0.../s1. The minimum atomic E-state index is -0.253. The van der Waals surface area contributed by atoms with E-state index in [1.807, 2.05) is 41.5 Å². The van der Waals surface area contributed by atoms with Crippen LogP contribution in [-0.2, 0) is 9.53 Å². The van der Waals surface area contributed by atoms with Gasteiger partial charge in [0.25, 0.3) is 0 Å². The second-order valence-corrected chi connectivity index (χ2v) is 10.6. The molecule has 4 nitrogen and oxygen atoms in total. The van der Waals surface area contributed by atoms with Crippen LogP contribution >= 0.6 is 0 Å². The summed E-state index contributed by atoms with van der Waals surface area (Å²) >= 11 is 0. The van der Waals surface area contributed by atoms with Crippen molar-refractivity contribution in [2.45, 2.75) is 125 Å². The molecule has 0 heterocycles. The van der Waals surface area contributed by atoms with E-state index in [1.54, 1.807) is 0 Å². The molecule has 0 aromatic carbocycles. The fourth-order valence-electron chi connectivity index (χ4n) is 7.74. The lowest BCUT2D eigenvalue weighted by Crippen LogP contribution is -2.58. The SMILES string of the molecule is CC.CC.CC.COC(=O)CCC[C@H]1C=C[C@H]2[C@@H]3[C@@H](O)C[C@@H]4C[C@H](O)CC[C@]4(C)[C@H]3CC[C@]12C. The maximum atomic E-state index is 11.5. The largest absolute Gasteiger partial charge is 0.469 e. The molecular formula is C30H56O4. The summed E-state index contributed by atoms with van der Waals surface area (Å²) in [6.07, 6.45) is 12.9. The van der Waals surface area contributed by atoms with Gasteiger partial charge in [-0.1, -0.05) is 67.5 Å². The van der Waals surface area contributed by atoms with E-state index in [1.165, 1.54) is 20.0 Å². The summed E-state index contributed by atoms with van der Waals surface area (Å²) in [7, 11) is 1.46. The van der Waals surface area contributed by atoms with E-state index < -0.39 is 0 Å². The highest BCUT2D eigenvalue weighted by Gasteiger charge is 2.61. The third-order valence-corrected chi connectivity index (χ3v) is 9.48. The van der Waals surface area contributed by atoms with Crippen LogP contribution in [0.3, 0.4) is 0 Å². The highest BCUT2D eigenvalue weighted by atomic mass is 16.5. The van der Waals surface area contributed by atoms with Crippen molar-refractivity contribution in [1.29, 1.82) is 0 Å². The number of esters is 1. The summed E-state index contributed by atoms with van der Waals surface area (Å²) in [4.78, 5) is 11.5. The van der Waals surface area contributed by atoms with Crippen LogP contribution < -0.4 is 0 Å². The van der Waals surface area contributed by atoms with Crippen molar-refractivity contribution < 1.29 is 19.7 Å². The normalized spacial score (nSPS) is 41.6. The molecule has 200 valence electrons. The molecule has 0 radical (unpaired) electrons. The summed E-state index contributed by atoms with van der Waals surface area (Å²) in [5.74, 6) is 2.18. The molecule has 3 saturated carbocycles. The van der Waals surface area contributed by atoms with Crippen molar-refractivity contribution in [2.75, 3.05) is 7.11 Å². The van der Waals surface area contributed by atoms with Crippen molar-refractivity contribution in [3.63, 3.8) is 0 Å². The Labute approximate surface area is 210 Å². The van der Waals surface area contributed by atoms with Gasteiger partial charge in [0.1, 0.15) is 0 Å². The van der Waals surface area contributed by atoms with Crippen LogP contribution in [0.2, 0.25) is 0 Å². The van der Waals surface area contributed by atoms with E-state index in [4.69, 9.17) is 4.74 Å². The Kier molecular flexibility index (Phi) is 12.8. The Morgan fingerprint density at radius 3 is 2.18 bits per heavy atom. The van der Waals surface area contributed by atoms with Crippen LogP contribution in [-0.4, -0.2) is 35.5 Å². The third-order valence-electron chi connectivity index (χ3n) is 9.48. The minimum absolute atomic E-state index is 0.117. The van der Waals surface area contributed by atoms with Gasteiger partial charge in [-0.05, 0) is 91.8 Å². The van der Waals surface area contributed by atoms with E-state index >= 15 is 0 Å². The van der Waals surface area contributed by atoms with Gasteiger partial charge in [-0.25, -0.2) is 0 Å². The van der Waals surface area contributed by atoms with Gasteiger partial charge in [0.15, 0.2) is 0 Å². The van der Waals surface area contributed by atoms with Crippen LogP contribution in [0.4, 0.5) is 0 Å². The van der Waals surface area contributed by atoms with Crippen molar-refractivity contribution in [1.82, 2.24) is 0 Å². The predicted octanol–water partition coefficient (Wildman–Crippen LogP) is 7.17. The number of methoxy groups -OCH3 is 1. The Bertz CT molecular complexity index is 631. The Morgan fingerprint density at radius 2 is 1.56 bits per heavy atom. The lowest BCUT2D eigenvalue weighted by molar-refractivity contribution is -0.167. The average molecular weight is 481 g/mol. The smallest absolute Gasteiger partial charge is 0.305 e. The van der Waals surface area contributed by atoms with E-state index in [2.05, 4.69) is 26.0 Å². The number of rotatable bonds is 4. The van der Waals surface area contributed by atoms with E-state index in [0.29, 0.717) is 36.0 Å². The number of hydrogen-bond acceptors (Lipinski definition) is 4. The number of carbonyl (C=O) groups excluding carboxylic acids is 1. The predicted molar refractivity (Wildman–Crippen MR) is 142 cm³/mol. The van der Waals surface area contributed by atoms with Crippen LogP contribution in [0.15, 0.2) is 12.2 Å². The zero-order valence-corrected chi connectivity index (χ0v) is 23.8. The van der Waals surface area contributed by atoms with Gasteiger partial charge in [0.05, 0.1) is 19.3 Å². The molecule has 0 bridgehead atoms. The first-order chi connectivity index (χ1) is 16.3. The van der Waals surface area contributed by atoms with E-state index in [-0.39, 0.29) is 29.0 Å². The summed E-state index contributed by atoms with van der Waals surface area (Å²) in [6, 6.07) is 0. The second kappa shape index (κ2) is 14.0. The molecule has 0 unspecified atom stereocenters. The molecule has 0 aliphatic heterocycles. The van der Waals surface area contributed by atoms with Crippen molar-refractivity contribution >= 4 is 5.97 Å². The summed E-state index contributed by atoms with van der Waals surface area (Å²) < 4.78 is 4.79. The lowest BCUT2D eigenvalue weighted by Gasteiger charge is -2.62. The zero-order valence-electron chi connectivity index (χ0n) is 23.8. The number of carbonyl (C=O) groups is 1. The first-order valence-corrected chi connectivity index (χ1v) is 14.4. The van der Waals surface area contributed by atoms with Crippen molar-refractivity contribution in [2.24, 2.45) is 40.4 Å². The lowest BCUT2D eigenvalue weighted by atomic mass is 9.44. The Hall–Kier alpha value is -0.870. The average Bonchev–Trinajstić information content (AvgIpc) is 3.20. The molecule has 4 heteroatoms. The quantitative estimate of drug-likeness (QED) is 0.330. The van der Waals surface area contributed by atoms with Gasteiger partial charge in [0, 0.05) is 6.42 Å². The van der Waals surface area contributed by atoms with Gasteiger partial charge >= 0.3 is 5.97 Å². The molecule has 0 saturated heterocycles. The highest BCUT2D eigenvalue weighted by molar-refractivity contribution is 5.69. The molecule has 0 amide bonds. The van der Waals surface area contributed by atoms with Gasteiger partial charge in [-0.3, -0.25) is 4.79 Å². The minimum Gasteiger partial charge on any atom is -0.469 e. The van der Waals surface area contributed by atoms with Gasteiger partial charge in [-0.15, -0.1) is 0 Å². The summed E-state index contributed by atoms with van der Waals surface area (Å²) in [5, 5.41) is 21.4. The van der Waals surface area contributed by atoms with Crippen molar-refractivity contribution in [3.8, 4) is 0 Å². The molecule has 4 aliphatic rings. The Balaban J connectivity index is 0.000000894. The number of fused-ring (bicyclic) bond motifs is 5. The third kappa shape index (κ3) is 6.09. The molecular weight excluding hydrogens is 424 g/mol. The highest BCUT2D eigenvalue weighted by Crippen LogP contribution is 2.66. The summed E-state index contributed by atoms with van der Waals surface area (Å²) in [5.41, 5.74) is 0.469. The first-order valence-electron chi connectivity index (χ1n) is 14.4. The molecule has 0 spiro atoms. The molecule has 4 rings (SSSR count). The molecule has 0 aromatic rings. The molecule has 34 heavy (non-hydrogen) atoms. The fraction of sp³-hybridized carbons (Fsp3) is 0.900. The van der Waals surface area contributed by atoms with Crippen LogP contribution in [0.1, 0.15) is 113 Å². The first kappa shape index (κ1) is 31.2. The fourth-order valence-corrected chi connectivity index (χ4v) is 7.74. The van der Waals surface area contributed by atoms with Crippen molar-refractivity contribution in [3.05, 3.63) is 12.2 Å². The molecule has 3 fully saturated rings. The monoisotopic (exact) mass is 480 g/mol. The van der Waals surface area contributed by atoms with Crippen LogP contribution in [0, 0.1) is 40.4 Å². The van der Waals surface area contributed by atoms with Crippen LogP contribution in [0.5, 0.6) is 0 Å². The number of aliphatic hydroxyl groups excluding tert-OH is 2. The number of allylic oxidation sites excluding steroid dienone is 2. The molecule has 0 aromatic heterocycles. The number of hydrogen-bond donors (Lipinski definition) is 2. The van der Waals surface area contributed by atoms with Gasteiger partial charge < -0.3 is 14.9 Å². The molecule has 9 atom stereocenters. The summed E-state index contributed by atoms with van der Waals surface area (Å²) in [6.45, 7) is 16.9. The van der Waals surface area contributed by atoms with Crippen LogP contribution in [0.25, 0.3) is 0 Å². The van der Waals surface area contributed by atoms with E-state index in [0.717, 1.165) is 38.5 Å². The van der Waals surface area contributed by atoms with Gasteiger partial charge in [0.2, 0.25) is 0 Å². The maximum Gasteiger partial charge on any atom is 0.305 e. The number of ether oxygens (including phenoxy) is 1. The topological polar surface area (TPSA) is 66.8 Å². The van der Waals surface area contributed by atoms with E-state index in [9.17, 15) is 15.0 Å². The maximum absolute atomic E-state index is 11.5. The Morgan fingerprint density at radius 1 is 0.941 bits per heavy atom. The molecule has 4 aliphatic carbocycles.